The van der Waals surface area contributed by atoms with E-state index in [9.17, 15) is 19.8 Å². The molecular formula is C16H27N5O6. The van der Waals surface area contributed by atoms with Gasteiger partial charge in [-0.05, 0) is 34.0 Å². The van der Waals surface area contributed by atoms with Crippen molar-refractivity contribution in [3.8, 4) is 0 Å². The lowest BCUT2D eigenvalue weighted by atomic mass is 10.1. The van der Waals surface area contributed by atoms with Crippen molar-refractivity contribution in [2.24, 2.45) is 0 Å². The Hall–Kier alpha value is -2.05. The lowest BCUT2D eigenvalue weighted by Gasteiger charge is -2.22. The van der Waals surface area contributed by atoms with E-state index in [0.29, 0.717) is 12.0 Å². The number of aryl methyl sites for hydroxylation is 1. The van der Waals surface area contributed by atoms with Gasteiger partial charge in [-0.2, -0.15) is 4.98 Å². The van der Waals surface area contributed by atoms with Gasteiger partial charge >= 0.3 is 5.69 Å². The van der Waals surface area contributed by atoms with Crippen LogP contribution in [0.4, 0.5) is 5.82 Å². The van der Waals surface area contributed by atoms with Gasteiger partial charge in [-0.1, -0.05) is 0 Å². The first-order valence-corrected chi connectivity index (χ1v) is 8.63. The maximum atomic E-state index is 12.2. The molecule has 152 valence electrons. The molecule has 2 heterocycles. The molecule has 27 heavy (non-hydrogen) atoms. The number of nitrogens with zero attached hydrogens (tertiary/aromatic N) is 3. The number of carbonyl (C=O) groups excluding carboxylic acids is 1. The molecule has 0 radical (unpaired) electrons. The Balaban J connectivity index is 2.10. The topological polar surface area (TPSA) is 152 Å². The number of ether oxygens (including phenoxy) is 1. The van der Waals surface area contributed by atoms with E-state index in [-0.39, 0.29) is 18.1 Å². The SMILES string of the molecule is Cc1cn([C@@H]2O[C@H](CO)C(O)C2ONC(=O)CCCN(C)C)c(=O)nc1N. The number of hydroxylamine groups is 1. The van der Waals surface area contributed by atoms with Crippen molar-refractivity contribution in [3.63, 3.8) is 0 Å². The normalized spacial score (nSPS) is 25.1. The second-order valence-electron chi connectivity index (χ2n) is 6.75. The Labute approximate surface area is 156 Å². The maximum absolute atomic E-state index is 12.2. The zero-order valence-electron chi connectivity index (χ0n) is 15.7. The summed E-state index contributed by atoms with van der Waals surface area (Å²) in [6, 6.07) is 0. The van der Waals surface area contributed by atoms with Crippen molar-refractivity contribution in [2.75, 3.05) is 33.0 Å². The average molecular weight is 385 g/mol. The van der Waals surface area contributed by atoms with Crippen molar-refractivity contribution in [3.05, 3.63) is 22.2 Å². The molecule has 1 aliphatic heterocycles. The molecule has 11 nitrogen and oxygen atoms in total. The second kappa shape index (κ2) is 9.24. The van der Waals surface area contributed by atoms with E-state index < -0.39 is 36.8 Å². The minimum atomic E-state index is -1.26. The van der Waals surface area contributed by atoms with Gasteiger partial charge in [-0.3, -0.25) is 14.2 Å². The molecule has 0 spiro atoms. The van der Waals surface area contributed by atoms with E-state index in [1.165, 1.54) is 6.20 Å². The van der Waals surface area contributed by atoms with Crippen LogP contribution in [0.2, 0.25) is 0 Å². The highest BCUT2D eigenvalue weighted by molar-refractivity contribution is 5.74. The Morgan fingerprint density at radius 2 is 2.22 bits per heavy atom. The second-order valence-corrected chi connectivity index (χ2v) is 6.75. The molecule has 0 bridgehead atoms. The van der Waals surface area contributed by atoms with Gasteiger partial charge in [0.2, 0.25) is 5.91 Å². The highest BCUT2D eigenvalue weighted by Crippen LogP contribution is 2.30. The Morgan fingerprint density at radius 3 is 2.85 bits per heavy atom. The van der Waals surface area contributed by atoms with E-state index in [2.05, 4.69) is 10.5 Å². The molecular weight excluding hydrogens is 358 g/mol. The van der Waals surface area contributed by atoms with Gasteiger partial charge in [-0.25, -0.2) is 10.3 Å². The monoisotopic (exact) mass is 385 g/mol. The summed E-state index contributed by atoms with van der Waals surface area (Å²) in [5.74, 6) is -0.283. The van der Waals surface area contributed by atoms with Crippen LogP contribution in [0.3, 0.4) is 0 Å². The average Bonchev–Trinajstić information content (AvgIpc) is 2.91. The van der Waals surface area contributed by atoms with E-state index in [1.54, 1.807) is 6.92 Å². The molecule has 1 fully saturated rings. The fourth-order valence-corrected chi connectivity index (χ4v) is 2.72. The van der Waals surface area contributed by atoms with E-state index >= 15 is 0 Å². The number of nitrogens with two attached hydrogens (primary N) is 1. The smallest absolute Gasteiger partial charge is 0.351 e. The summed E-state index contributed by atoms with van der Waals surface area (Å²) < 4.78 is 6.66. The lowest BCUT2D eigenvalue weighted by Crippen LogP contribution is -2.42. The number of nitrogens with one attached hydrogen (secondary N) is 1. The highest BCUT2D eigenvalue weighted by atomic mass is 16.7. The largest absolute Gasteiger partial charge is 0.394 e. The molecule has 1 aliphatic rings. The van der Waals surface area contributed by atoms with Gasteiger partial charge in [0.1, 0.15) is 18.0 Å². The Bertz CT molecular complexity index is 709. The van der Waals surface area contributed by atoms with Crippen LogP contribution in [0, 0.1) is 6.92 Å². The molecule has 1 aromatic rings. The zero-order chi connectivity index (χ0) is 20.1. The van der Waals surface area contributed by atoms with Crippen LogP contribution >= 0.6 is 0 Å². The number of hydrogen-bond acceptors (Lipinski definition) is 9. The number of carbonyl (C=O) groups is 1. The van der Waals surface area contributed by atoms with E-state index in [1.807, 2.05) is 19.0 Å². The number of aliphatic hydroxyl groups is 2. The summed E-state index contributed by atoms with van der Waals surface area (Å²) in [7, 11) is 3.81. The molecule has 0 aliphatic carbocycles. The van der Waals surface area contributed by atoms with Gasteiger partial charge in [0, 0.05) is 18.2 Å². The molecule has 0 aromatic carbocycles. The molecule has 5 N–H and O–H groups in total. The van der Waals surface area contributed by atoms with Crippen molar-refractivity contribution in [1.29, 1.82) is 0 Å². The predicted molar refractivity (Wildman–Crippen MR) is 95.5 cm³/mol. The van der Waals surface area contributed by atoms with Crippen molar-refractivity contribution < 1.29 is 24.6 Å². The number of anilines is 1. The summed E-state index contributed by atoms with van der Waals surface area (Å²) >= 11 is 0. The molecule has 1 amide bonds. The lowest BCUT2D eigenvalue weighted by molar-refractivity contribution is -0.151. The summed E-state index contributed by atoms with van der Waals surface area (Å²) in [4.78, 5) is 35.1. The molecule has 11 heteroatoms. The van der Waals surface area contributed by atoms with Crippen LogP contribution in [0.5, 0.6) is 0 Å². The van der Waals surface area contributed by atoms with Crippen LogP contribution < -0.4 is 16.9 Å². The number of aliphatic hydroxyl groups excluding tert-OH is 2. The van der Waals surface area contributed by atoms with Gasteiger partial charge in [0.05, 0.1) is 6.61 Å². The van der Waals surface area contributed by atoms with Crippen LogP contribution in [0.1, 0.15) is 24.6 Å². The van der Waals surface area contributed by atoms with Crippen LogP contribution in [-0.4, -0.2) is 76.1 Å². The Morgan fingerprint density at radius 1 is 1.52 bits per heavy atom. The van der Waals surface area contributed by atoms with Gasteiger partial charge in [-0.15, -0.1) is 0 Å². The third kappa shape index (κ3) is 5.23. The van der Waals surface area contributed by atoms with Crippen LogP contribution in [0.15, 0.2) is 11.0 Å². The van der Waals surface area contributed by atoms with Crippen LogP contribution in [0.25, 0.3) is 0 Å². The quantitative estimate of drug-likeness (QED) is 0.378. The molecule has 1 saturated heterocycles. The molecule has 2 unspecified atom stereocenters. The predicted octanol–water partition coefficient (Wildman–Crippen LogP) is -1.86. The first kappa shape index (κ1) is 21.3. The first-order valence-electron chi connectivity index (χ1n) is 8.63. The number of rotatable bonds is 8. The molecule has 4 atom stereocenters. The fraction of sp³-hybridized carbons (Fsp3) is 0.688. The minimum absolute atomic E-state index is 0.0835. The fourth-order valence-electron chi connectivity index (χ4n) is 2.72. The summed E-state index contributed by atoms with van der Waals surface area (Å²) in [5.41, 5.74) is 7.74. The van der Waals surface area contributed by atoms with E-state index in [4.69, 9.17) is 15.3 Å². The number of hydrogen-bond donors (Lipinski definition) is 4. The van der Waals surface area contributed by atoms with Gasteiger partial charge in [0.15, 0.2) is 12.3 Å². The zero-order valence-corrected chi connectivity index (χ0v) is 15.7. The molecule has 2 rings (SSSR count). The van der Waals surface area contributed by atoms with E-state index in [0.717, 1.165) is 11.1 Å². The minimum Gasteiger partial charge on any atom is -0.394 e. The van der Waals surface area contributed by atoms with Crippen molar-refractivity contribution >= 4 is 11.7 Å². The molecule has 0 saturated carbocycles. The highest BCUT2D eigenvalue weighted by Gasteiger charge is 2.46. The summed E-state index contributed by atoms with van der Waals surface area (Å²) in [5, 5.41) is 19.7. The summed E-state index contributed by atoms with van der Waals surface area (Å²) in [6.45, 7) is 1.92. The van der Waals surface area contributed by atoms with Crippen molar-refractivity contribution in [2.45, 2.75) is 44.3 Å². The number of amides is 1. The number of aromatic nitrogens is 2. The Kier molecular flexibility index (Phi) is 7.27. The first-order chi connectivity index (χ1) is 12.7. The molecule has 1 aromatic heterocycles. The maximum Gasteiger partial charge on any atom is 0.351 e. The third-order valence-electron chi connectivity index (χ3n) is 4.26. The van der Waals surface area contributed by atoms with Crippen LogP contribution in [-0.2, 0) is 14.4 Å². The summed E-state index contributed by atoms with van der Waals surface area (Å²) in [6.07, 6.45) is -2.13. The van der Waals surface area contributed by atoms with Crippen molar-refractivity contribution in [1.82, 2.24) is 19.9 Å². The third-order valence-corrected chi connectivity index (χ3v) is 4.26. The standard InChI is InChI=1S/C16H27N5O6/c1-9-7-21(16(25)18-14(9)17)15-13(12(24)10(8-22)26-15)27-19-11(23)5-4-6-20(2)3/h7,10,12-13,15,22,24H,4-6,8H2,1-3H3,(H,19,23)(H2,17,18,25)/t10-,12?,13?,15-/m1/s1. The number of nitrogen functional groups attached to an aromatic ring is 1. The van der Waals surface area contributed by atoms with Gasteiger partial charge in [0.25, 0.3) is 0 Å². The van der Waals surface area contributed by atoms with Gasteiger partial charge < -0.3 is 25.6 Å².